The Morgan fingerprint density at radius 3 is 2.81 bits per heavy atom. The third kappa shape index (κ3) is 3.98. The van der Waals surface area contributed by atoms with Crippen molar-refractivity contribution in [2.24, 2.45) is 0 Å². The molecule has 1 amide bonds. The first-order valence-electron chi connectivity index (χ1n) is 8.02. The van der Waals surface area contributed by atoms with Crippen LogP contribution < -0.4 is 4.90 Å². The second-order valence-electron chi connectivity index (χ2n) is 6.89. The van der Waals surface area contributed by atoms with Gasteiger partial charge in [-0.2, -0.15) is 5.10 Å². The summed E-state index contributed by atoms with van der Waals surface area (Å²) in [6.45, 7) is 7.69. The van der Waals surface area contributed by atoms with E-state index in [1.165, 1.54) is 4.90 Å². The lowest BCUT2D eigenvalue weighted by Gasteiger charge is -2.27. The molecule has 0 radical (unpaired) electrons. The molecule has 3 heterocycles. The molecule has 6 nitrogen and oxygen atoms in total. The Kier molecular flexibility index (Phi) is 5.21. The first kappa shape index (κ1) is 19.0. The van der Waals surface area contributed by atoms with E-state index in [1.807, 2.05) is 40.0 Å². The number of hydrogen-bond donors (Lipinski definition) is 0. The lowest BCUT2D eigenvalue weighted by molar-refractivity contribution is 0.0575. The van der Waals surface area contributed by atoms with Gasteiger partial charge in [0.25, 0.3) is 0 Å². The molecule has 3 rings (SSSR count). The zero-order valence-corrected chi connectivity index (χ0v) is 17.8. The molecule has 3 aromatic rings. The summed E-state index contributed by atoms with van der Waals surface area (Å²) in [6.07, 6.45) is 2.97. The predicted molar refractivity (Wildman–Crippen MR) is 109 cm³/mol. The maximum absolute atomic E-state index is 12.9. The van der Waals surface area contributed by atoms with Gasteiger partial charge in [0.15, 0.2) is 5.15 Å². The van der Waals surface area contributed by atoms with E-state index in [0.29, 0.717) is 11.4 Å². The van der Waals surface area contributed by atoms with Crippen molar-refractivity contribution in [3.8, 4) is 0 Å². The van der Waals surface area contributed by atoms with E-state index in [1.54, 1.807) is 22.9 Å². The monoisotopic (exact) mass is 487 g/mol. The van der Waals surface area contributed by atoms with Crippen molar-refractivity contribution in [1.29, 1.82) is 0 Å². The van der Waals surface area contributed by atoms with E-state index in [0.717, 1.165) is 14.7 Å². The van der Waals surface area contributed by atoms with Crippen molar-refractivity contribution in [2.75, 3.05) is 4.90 Å². The molecule has 0 unspecified atom stereocenters. The van der Waals surface area contributed by atoms with Crippen molar-refractivity contribution >= 4 is 51.5 Å². The van der Waals surface area contributed by atoms with Gasteiger partial charge >= 0.3 is 6.09 Å². The number of hydrogen-bond acceptors (Lipinski definition) is 4. The van der Waals surface area contributed by atoms with Crippen LogP contribution in [-0.2, 0) is 11.3 Å². The van der Waals surface area contributed by atoms with Gasteiger partial charge in [-0.25, -0.2) is 9.31 Å². The lowest BCUT2D eigenvalue weighted by atomic mass is 10.2. The molecule has 0 aromatic carbocycles. The summed E-state index contributed by atoms with van der Waals surface area (Å²) in [5, 5.41) is 4.59. The summed E-state index contributed by atoms with van der Waals surface area (Å²) in [4.78, 5) is 14.5. The second-order valence-corrected chi connectivity index (χ2v) is 8.44. The highest BCUT2D eigenvalue weighted by Crippen LogP contribution is 2.32. The fourth-order valence-corrected chi connectivity index (χ4v) is 3.29. The van der Waals surface area contributed by atoms with E-state index >= 15 is 0 Å². The van der Waals surface area contributed by atoms with Gasteiger partial charge in [0.05, 0.1) is 24.0 Å². The fraction of sp³-hybridized carbons (Fsp3) is 0.333. The van der Waals surface area contributed by atoms with Crippen LogP contribution in [0.4, 0.5) is 10.5 Å². The van der Waals surface area contributed by atoms with Crippen LogP contribution in [-0.4, -0.2) is 21.3 Å². The molecule has 138 valence electrons. The third-order valence-corrected chi connectivity index (χ3v) is 4.95. The number of carbonyl (C=O) groups is 1. The number of rotatable bonds is 3. The average molecular weight is 488 g/mol. The molecule has 0 atom stereocenters. The van der Waals surface area contributed by atoms with Crippen molar-refractivity contribution in [1.82, 2.24) is 9.61 Å². The first-order valence-corrected chi connectivity index (χ1v) is 9.48. The standard InChI is InChI=1S/C18H19ClIN3O3/c1-11-13(20)10-23-16(11)14(8-15(19)21-23)22(9-12-6-5-7-25-12)17(24)26-18(2,3)4/h5-8,10H,9H2,1-4H3. The molecule has 0 saturated heterocycles. The Bertz CT molecular complexity index is 945. The van der Waals surface area contributed by atoms with Gasteiger partial charge in [0, 0.05) is 15.8 Å². The number of aromatic nitrogens is 2. The van der Waals surface area contributed by atoms with Crippen LogP contribution >= 0.6 is 34.2 Å². The zero-order chi connectivity index (χ0) is 19.1. The van der Waals surface area contributed by atoms with Crippen molar-refractivity contribution in [3.63, 3.8) is 0 Å². The van der Waals surface area contributed by atoms with Crippen LogP contribution in [0.2, 0.25) is 5.15 Å². The third-order valence-electron chi connectivity index (χ3n) is 3.68. The molecule has 0 bridgehead atoms. The molecule has 0 aliphatic carbocycles. The number of furan rings is 1. The Balaban J connectivity index is 2.15. The van der Waals surface area contributed by atoms with Gasteiger partial charge in [-0.1, -0.05) is 11.6 Å². The summed E-state index contributed by atoms with van der Waals surface area (Å²) in [5.41, 5.74) is 1.81. The molecule has 8 heteroatoms. The van der Waals surface area contributed by atoms with Crippen LogP contribution in [0.1, 0.15) is 32.1 Å². The van der Waals surface area contributed by atoms with Crippen molar-refractivity contribution < 1.29 is 13.9 Å². The van der Waals surface area contributed by atoms with Crippen LogP contribution in [0.15, 0.2) is 35.1 Å². The summed E-state index contributed by atoms with van der Waals surface area (Å²) < 4.78 is 13.8. The summed E-state index contributed by atoms with van der Waals surface area (Å²) in [5.74, 6) is 0.640. The molecule has 0 spiro atoms. The second kappa shape index (κ2) is 7.11. The Labute approximate surface area is 170 Å². The molecular weight excluding hydrogens is 469 g/mol. The maximum Gasteiger partial charge on any atom is 0.415 e. The average Bonchev–Trinajstić information content (AvgIpc) is 3.11. The van der Waals surface area contributed by atoms with E-state index < -0.39 is 11.7 Å². The first-order chi connectivity index (χ1) is 12.2. The lowest BCUT2D eigenvalue weighted by Crippen LogP contribution is -2.36. The maximum atomic E-state index is 12.9. The molecular formula is C18H19ClIN3O3. The number of carbonyl (C=O) groups excluding carboxylic acids is 1. The summed E-state index contributed by atoms with van der Waals surface area (Å²) in [6, 6.07) is 5.27. The van der Waals surface area contributed by atoms with E-state index in [-0.39, 0.29) is 11.7 Å². The molecule has 0 N–H and O–H groups in total. The number of anilines is 1. The molecule has 0 aliphatic rings. The van der Waals surface area contributed by atoms with Gasteiger partial charge < -0.3 is 9.15 Å². The van der Waals surface area contributed by atoms with Gasteiger partial charge in [-0.3, -0.25) is 4.90 Å². The number of amides is 1. The summed E-state index contributed by atoms with van der Waals surface area (Å²) in [7, 11) is 0. The zero-order valence-electron chi connectivity index (χ0n) is 14.9. The van der Waals surface area contributed by atoms with Gasteiger partial charge in [-0.15, -0.1) is 0 Å². The Morgan fingerprint density at radius 1 is 1.46 bits per heavy atom. The normalized spacial score (nSPS) is 11.8. The molecule has 0 fully saturated rings. The highest BCUT2D eigenvalue weighted by molar-refractivity contribution is 14.1. The number of halogens is 2. The van der Waals surface area contributed by atoms with Gasteiger partial charge in [-0.05, 0) is 68.0 Å². The molecule has 0 aliphatic heterocycles. The smallest absolute Gasteiger partial charge is 0.415 e. The minimum absolute atomic E-state index is 0.221. The number of fused-ring (bicyclic) bond motifs is 1. The van der Waals surface area contributed by atoms with Gasteiger partial charge in [0.1, 0.15) is 11.4 Å². The molecule has 0 saturated carbocycles. The molecule has 3 aromatic heterocycles. The number of ether oxygens (including phenoxy) is 1. The van der Waals surface area contributed by atoms with Crippen LogP contribution in [0.3, 0.4) is 0 Å². The topological polar surface area (TPSA) is 60.0 Å². The van der Waals surface area contributed by atoms with Crippen molar-refractivity contribution in [3.05, 3.63) is 50.7 Å². The van der Waals surface area contributed by atoms with E-state index in [9.17, 15) is 4.79 Å². The largest absolute Gasteiger partial charge is 0.467 e. The van der Waals surface area contributed by atoms with E-state index in [4.69, 9.17) is 20.8 Å². The Hall–Kier alpha value is -1.74. The minimum Gasteiger partial charge on any atom is -0.467 e. The van der Waals surface area contributed by atoms with Crippen LogP contribution in [0.25, 0.3) is 5.52 Å². The highest BCUT2D eigenvalue weighted by Gasteiger charge is 2.27. The van der Waals surface area contributed by atoms with Gasteiger partial charge in [0.2, 0.25) is 0 Å². The minimum atomic E-state index is -0.628. The number of aryl methyl sites for hydroxylation is 1. The number of nitrogens with zero attached hydrogens (tertiary/aromatic N) is 3. The predicted octanol–water partition coefficient (Wildman–Crippen LogP) is 5.44. The van der Waals surface area contributed by atoms with Crippen LogP contribution in [0, 0.1) is 10.5 Å². The SMILES string of the molecule is Cc1c(I)cn2nc(Cl)cc(N(Cc3ccco3)C(=O)OC(C)(C)C)c12. The quantitative estimate of drug-likeness (QED) is 0.462. The molecule has 26 heavy (non-hydrogen) atoms. The highest BCUT2D eigenvalue weighted by atomic mass is 127. The Morgan fingerprint density at radius 2 is 2.19 bits per heavy atom. The van der Waals surface area contributed by atoms with Crippen molar-refractivity contribution in [2.45, 2.75) is 39.8 Å². The summed E-state index contributed by atoms with van der Waals surface area (Å²) >= 11 is 8.45. The van der Waals surface area contributed by atoms with E-state index in [2.05, 4.69) is 27.7 Å². The fourth-order valence-electron chi connectivity index (χ4n) is 2.58. The van der Waals surface area contributed by atoms with Crippen LogP contribution in [0.5, 0.6) is 0 Å².